The summed E-state index contributed by atoms with van der Waals surface area (Å²) in [6.07, 6.45) is 0. The van der Waals surface area contributed by atoms with Crippen LogP contribution >= 0.6 is 0 Å². The van der Waals surface area contributed by atoms with E-state index in [-0.39, 0.29) is 32.7 Å². The maximum absolute atomic E-state index is 12.0. The summed E-state index contributed by atoms with van der Waals surface area (Å²) in [4.78, 5) is 0. The minimum absolute atomic E-state index is 0.0125. The summed E-state index contributed by atoms with van der Waals surface area (Å²) in [7, 11) is 0. The molecule has 0 aliphatic carbocycles. The van der Waals surface area contributed by atoms with Gasteiger partial charge >= 0.3 is 0 Å². The first-order valence-corrected chi connectivity index (χ1v) is 18.7. The van der Waals surface area contributed by atoms with Gasteiger partial charge in [-0.3, -0.25) is 0 Å². The number of fused-ring (bicyclic) bond motifs is 9. The smallest absolute Gasteiger partial charge is 0.204 e. The van der Waals surface area contributed by atoms with Crippen LogP contribution in [0, 0.1) is 0 Å². The Kier molecular flexibility index (Phi) is 6.97. The first kappa shape index (κ1) is 34.0. The number of hydrogen-bond acceptors (Lipinski definition) is 9. The number of phenolic OH excluding ortho intramolecular Hbond substituents is 8. The lowest BCUT2D eigenvalue weighted by atomic mass is 9.81. The lowest BCUT2D eigenvalue weighted by Gasteiger charge is -2.24. The molecular formula is C50H30O9. The SMILES string of the molecule is Oc1c(O)c(O)c2c(-c3cccc4cccc(-c5cccc6c5oc5ccc7ccccc7c56)c34)c3c(O)c(O)c(O)c(O)c3c(-c3cccc4ccccc34)c2c1O. The van der Waals surface area contributed by atoms with Crippen molar-refractivity contribution in [2.75, 3.05) is 0 Å². The van der Waals surface area contributed by atoms with Gasteiger partial charge in [-0.1, -0.05) is 127 Å². The molecule has 0 saturated carbocycles. The van der Waals surface area contributed by atoms with E-state index < -0.39 is 46.0 Å². The van der Waals surface area contributed by atoms with Crippen LogP contribution in [0.15, 0.2) is 138 Å². The zero-order valence-electron chi connectivity index (χ0n) is 30.7. The lowest BCUT2D eigenvalue weighted by molar-refractivity contribution is 0.350. The van der Waals surface area contributed by atoms with Gasteiger partial charge in [0.05, 0.1) is 0 Å². The predicted molar refractivity (Wildman–Crippen MR) is 231 cm³/mol. The molecule has 0 aliphatic heterocycles. The van der Waals surface area contributed by atoms with Gasteiger partial charge in [0.1, 0.15) is 11.2 Å². The third-order valence-corrected chi connectivity index (χ3v) is 11.7. The van der Waals surface area contributed by atoms with E-state index in [0.29, 0.717) is 49.6 Å². The Labute approximate surface area is 333 Å². The molecule has 59 heavy (non-hydrogen) atoms. The molecule has 0 bridgehead atoms. The van der Waals surface area contributed by atoms with Gasteiger partial charge in [-0.05, 0) is 55.1 Å². The van der Waals surface area contributed by atoms with Gasteiger partial charge in [0.25, 0.3) is 0 Å². The Balaban J connectivity index is 1.36. The van der Waals surface area contributed by atoms with E-state index in [2.05, 4.69) is 6.07 Å². The fourth-order valence-electron chi connectivity index (χ4n) is 9.16. The maximum Gasteiger partial charge on any atom is 0.204 e. The van der Waals surface area contributed by atoms with Crippen molar-refractivity contribution < 1.29 is 45.3 Å². The topological polar surface area (TPSA) is 175 Å². The summed E-state index contributed by atoms with van der Waals surface area (Å²) in [6, 6.07) is 41.4. The molecule has 0 spiro atoms. The first-order chi connectivity index (χ1) is 28.7. The largest absolute Gasteiger partial charge is 0.504 e. The zero-order chi connectivity index (χ0) is 40.4. The number of para-hydroxylation sites is 1. The molecule has 1 aromatic heterocycles. The van der Waals surface area contributed by atoms with Gasteiger partial charge in [-0.25, -0.2) is 0 Å². The quantitative estimate of drug-likeness (QED) is 0.0493. The second kappa shape index (κ2) is 12.1. The highest BCUT2D eigenvalue weighted by atomic mass is 16.4. The Hall–Kier alpha value is -8.30. The zero-order valence-corrected chi connectivity index (χ0v) is 30.7. The van der Waals surface area contributed by atoms with E-state index in [1.165, 1.54) is 0 Å². The summed E-state index contributed by atoms with van der Waals surface area (Å²) in [6.45, 7) is 0. The van der Waals surface area contributed by atoms with Crippen LogP contribution in [0.25, 0.3) is 109 Å². The number of phenols is 8. The van der Waals surface area contributed by atoms with Crippen LogP contribution in [0.1, 0.15) is 0 Å². The highest BCUT2D eigenvalue weighted by Crippen LogP contribution is 2.63. The van der Waals surface area contributed by atoms with E-state index >= 15 is 0 Å². The first-order valence-electron chi connectivity index (χ1n) is 18.7. The van der Waals surface area contributed by atoms with Crippen LogP contribution in [0.5, 0.6) is 46.0 Å². The molecule has 0 radical (unpaired) electrons. The molecule has 1 heterocycles. The Morgan fingerprint density at radius 2 is 0.695 bits per heavy atom. The van der Waals surface area contributed by atoms with Gasteiger partial charge in [0, 0.05) is 49.0 Å². The second-order valence-electron chi connectivity index (χ2n) is 14.7. The molecule has 0 amide bonds. The van der Waals surface area contributed by atoms with Crippen LogP contribution in [-0.2, 0) is 0 Å². The molecule has 0 atom stereocenters. The second-order valence-corrected chi connectivity index (χ2v) is 14.7. The predicted octanol–water partition coefficient (Wildman–Crippen LogP) is 12.0. The lowest BCUT2D eigenvalue weighted by Crippen LogP contribution is -1.96. The van der Waals surface area contributed by atoms with Crippen molar-refractivity contribution in [3.63, 3.8) is 0 Å². The molecule has 0 fully saturated rings. The van der Waals surface area contributed by atoms with Crippen molar-refractivity contribution in [1.82, 2.24) is 0 Å². The minimum atomic E-state index is -1.04. The van der Waals surface area contributed by atoms with Crippen LogP contribution in [-0.4, -0.2) is 40.9 Å². The molecule has 9 heteroatoms. The number of benzene rings is 10. The van der Waals surface area contributed by atoms with E-state index in [9.17, 15) is 40.9 Å². The Morgan fingerprint density at radius 1 is 0.271 bits per heavy atom. The van der Waals surface area contributed by atoms with Crippen molar-refractivity contribution in [2.24, 2.45) is 0 Å². The summed E-state index contributed by atoms with van der Waals surface area (Å²) in [5.41, 5.74) is 3.33. The van der Waals surface area contributed by atoms with Gasteiger partial charge < -0.3 is 45.3 Å². The standard InChI is InChI=1S/C50H30O9/c51-42-38-36(28-16-5-11-23-9-1-3-14-26(23)28)39-41(45(54)49(58)47(56)43(39)52)37(40(38)44(53)48(57)46(42)55)31-19-7-13-25-12-6-17-29(34(25)31)30-18-8-20-32-35-27-15-4-2-10-24(27)21-22-33(35)59-50(30)32/h1-22,51-58H. The fourth-order valence-corrected chi connectivity index (χ4v) is 9.16. The van der Waals surface area contributed by atoms with Crippen molar-refractivity contribution in [3.8, 4) is 79.4 Å². The van der Waals surface area contributed by atoms with E-state index in [1.54, 1.807) is 36.4 Å². The monoisotopic (exact) mass is 774 g/mol. The summed E-state index contributed by atoms with van der Waals surface area (Å²) >= 11 is 0. The van der Waals surface area contributed by atoms with Crippen molar-refractivity contribution >= 4 is 75.8 Å². The number of aromatic hydroxyl groups is 8. The summed E-state index contributed by atoms with van der Waals surface area (Å²) in [5, 5.41) is 98.3. The van der Waals surface area contributed by atoms with Crippen molar-refractivity contribution in [3.05, 3.63) is 133 Å². The molecule has 11 aromatic rings. The number of hydrogen-bond donors (Lipinski definition) is 8. The normalized spacial score (nSPS) is 11.9. The molecule has 0 saturated heterocycles. The van der Waals surface area contributed by atoms with Gasteiger partial charge in [-0.15, -0.1) is 0 Å². The maximum atomic E-state index is 12.0. The van der Waals surface area contributed by atoms with Crippen LogP contribution in [0.3, 0.4) is 0 Å². The molecule has 11 rings (SSSR count). The molecule has 0 unspecified atom stereocenters. The molecule has 9 nitrogen and oxygen atoms in total. The van der Waals surface area contributed by atoms with Crippen LogP contribution in [0.2, 0.25) is 0 Å². The molecular weight excluding hydrogens is 745 g/mol. The minimum Gasteiger partial charge on any atom is -0.504 e. The third-order valence-electron chi connectivity index (χ3n) is 11.7. The molecule has 0 aliphatic rings. The van der Waals surface area contributed by atoms with Gasteiger partial charge in [0.15, 0.2) is 23.0 Å². The highest BCUT2D eigenvalue weighted by molar-refractivity contribution is 6.32. The van der Waals surface area contributed by atoms with Crippen LogP contribution < -0.4 is 0 Å². The fraction of sp³-hybridized carbons (Fsp3) is 0. The van der Waals surface area contributed by atoms with Crippen molar-refractivity contribution in [1.29, 1.82) is 0 Å². The third kappa shape index (κ3) is 4.49. The highest BCUT2D eigenvalue weighted by Gasteiger charge is 2.33. The Morgan fingerprint density at radius 3 is 1.31 bits per heavy atom. The average Bonchev–Trinajstić information content (AvgIpc) is 3.67. The molecule has 284 valence electrons. The summed E-state index contributed by atoms with van der Waals surface area (Å²) < 4.78 is 6.64. The summed E-state index contributed by atoms with van der Waals surface area (Å²) in [5.74, 6) is -7.51. The number of furan rings is 1. The Bertz CT molecular complexity index is 3570. The van der Waals surface area contributed by atoms with Crippen molar-refractivity contribution in [2.45, 2.75) is 0 Å². The average molecular weight is 775 g/mol. The van der Waals surface area contributed by atoms with E-state index in [0.717, 1.165) is 26.9 Å². The molecule has 10 aromatic carbocycles. The molecule has 8 N–H and O–H groups in total. The van der Waals surface area contributed by atoms with Crippen LogP contribution in [0.4, 0.5) is 0 Å². The number of rotatable bonds is 3. The van der Waals surface area contributed by atoms with Gasteiger partial charge in [0.2, 0.25) is 23.0 Å². The van der Waals surface area contributed by atoms with E-state index in [4.69, 9.17) is 4.42 Å². The van der Waals surface area contributed by atoms with E-state index in [1.807, 2.05) is 91.0 Å². The van der Waals surface area contributed by atoms with Gasteiger partial charge in [-0.2, -0.15) is 0 Å².